The molecule has 0 unspecified atom stereocenters. The standard InChI is InChI=1S/C15H15N5/c16-9-12-8-11-2-1-3-13(11)18-15(12)20-7-6-19-5-4-17-14(19)10-20/h4-5,8H,1-3,6-7,10H2. The smallest absolute Gasteiger partial charge is 0.147 e. The molecule has 0 amide bonds. The SMILES string of the molecule is N#Cc1cc2c(nc1N1CCn3ccnc3C1)CCC2. The van der Waals surface area contributed by atoms with Gasteiger partial charge < -0.3 is 9.47 Å². The lowest BCUT2D eigenvalue weighted by atomic mass is 10.1. The highest BCUT2D eigenvalue weighted by Crippen LogP contribution is 2.28. The van der Waals surface area contributed by atoms with E-state index in [0.29, 0.717) is 5.56 Å². The molecular weight excluding hydrogens is 250 g/mol. The molecule has 20 heavy (non-hydrogen) atoms. The van der Waals surface area contributed by atoms with Crippen molar-refractivity contribution in [3.8, 4) is 6.07 Å². The van der Waals surface area contributed by atoms with Crippen LogP contribution in [0.2, 0.25) is 0 Å². The Morgan fingerprint density at radius 2 is 2.20 bits per heavy atom. The zero-order chi connectivity index (χ0) is 13.5. The lowest BCUT2D eigenvalue weighted by molar-refractivity contribution is 0.555. The van der Waals surface area contributed by atoms with Crippen LogP contribution in [0.3, 0.4) is 0 Å². The Hall–Kier alpha value is -2.35. The Bertz CT molecular complexity index is 710. The molecule has 4 rings (SSSR count). The van der Waals surface area contributed by atoms with Crippen LogP contribution >= 0.6 is 0 Å². The molecule has 0 saturated carbocycles. The first-order valence-electron chi connectivity index (χ1n) is 7.03. The molecule has 2 aromatic heterocycles. The highest BCUT2D eigenvalue weighted by atomic mass is 15.3. The first-order chi connectivity index (χ1) is 9.85. The van der Waals surface area contributed by atoms with Crippen LogP contribution in [0.25, 0.3) is 0 Å². The van der Waals surface area contributed by atoms with Gasteiger partial charge in [-0.1, -0.05) is 0 Å². The molecule has 0 radical (unpaired) electrons. The highest BCUT2D eigenvalue weighted by molar-refractivity contribution is 5.57. The van der Waals surface area contributed by atoms with Gasteiger partial charge in [-0.3, -0.25) is 0 Å². The van der Waals surface area contributed by atoms with Gasteiger partial charge in [0.2, 0.25) is 0 Å². The van der Waals surface area contributed by atoms with E-state index in [9.17, 15) is 5.26 Å². The number of rotatable bonds is 1. The number of fused-ring (bicyclic) bond motifs is 2. The van der Waals surface area contributed by atoms with Gasteiger partial charge in [0.15, 0.2) is 0 Å². The summed E-state index contributed by atoms with van der Waals surface area (Å²) in [6.45, 7) is 2.51. The normalized spacial score (nSPS) is 16.6. The van der Waals surface area contributed by atoms with E-state index in [4.69, 9.17) is 4.98 Å². The fraction of sp³-hybridized carbons (Fsp3) is 0.400. The number of aromatic nitrogens is 3. The largest absolute Gasteiger partial charge is 0.346 e. The van der Waals surface area contributed by atoms with E-state index in [0.717, 1.165) is 50.5 Å². The van der Waals surface area contributed by atoms with Crippen molar-refractivity contribution in [3.63, 3.8) is 0 Å². The molecule has 0 saturated heterocycles. The van der Waals surface area contributed by atoms with Crippen LogP contribution in [-0.2, 0) is 25.9 Å². The van der Waals surface area contributed by atoms with Crippen LogP contribution in [0.5, 0.6) is 0 Å². The van der Waals surface area contributed by atoms with Gasteiger partial charge in [-0.05, 0) is 30.9 Å². The van der Waals surface area contributed by atoms with E-state index in [1.165, 1.54) is 11.3 Å². The third-order valence-electron chi connectivity index (χ3n) is 4.20. The van der Waals surface area contributed by atoms with Gasteiger partial charge in [0.25, 0.3) is 0 Å². The van der Waals surface area contributed by atoms with Crippen molar-refractivity contribution in [1.29, 1.82) is 5.26 Å². The van der Waals surface area contributed by atoms with Crippen molar-refractivity contribution in [2.75, 3.05) is 11.4 Å². The molecule has 0 bridgehead atoms. The summed E-state index contributed by atoms with van der Waals surface area (Å²) in [5, 5.41) is 9.40. The van der Waals surface area contributed by atoms with E-state index in [-0.39, 0.29) is 0 Å². The lowest BCUT2D eigenvalue weighted by Crippen LogP contribution is -2.34. The van der Waals surface area contributed by atoms with E-state index >= 15 is 0 Å². The molecule has 5 heteroatoms. The molecule has 0 N–H and O–H groups in total. The van der Waals surface area contributed by atoms with Crippen LogP contribution in [0.15, 0.2) is 18.5 Å². The van der Waals surface area contributed by atoms with Crippen molar-refractivity contribution in [3.05, 3.63) is 41.1 Å². The number of pyridine rings is 1. The van der Waals surface area contributed by atoms with Crippen molar-refractivity contribution < 1.29 is 0 Å². The average molecular weight is 265 g/mol. The van der Waals surface area contributed by atoms with Crippen LogP contribution in [-0.4, -0.2) is 21.1 Å². The zero-order valence-electron chi connectivity index (χ0n) is 11.2. The molecule has 100 valence electrons. The lowest BCUT2D eigenvalue weighted by Gasteiger charge is -2.29. The first kappa shape index (κ1) is 11.5. The Morgan fingerprint density at radius 3 is 3.10 bits per heavy atom. The van der Waals surface area contributed by atoms with Gasteiger partial charge in [-0.25, -0.2) is 9.97 Å². The quantitative estimate of drug-likeness (QED) is 0.787. The maximum absolute atomic E-state index is 9.40. The number of hydrogen-bond donors (Lipinski definition) is 0. The third-order valence-corrected chi connectivity index (χ3v) is 4.20. The summed E-state index contributed by atoms with van der Waals surface area (Å²) in [6, 6.07) is 4.34. The minimum Gasteiger partial charge on any atom is -0.346 e. The highest BCUT2D eigenvalue weighted by Gasteiger charge is 2.23. The number of aryl methyl sites for hydroxylation is 2. The number of hydrogen-bond acceptors (Lipinski definition) is 4. The summed E-state index contributed by atoms with van der Waals surface area (Å²) < 4.78 is 2.16. The third kappa shape index (κ3) is 1.68. The zero-order valence-corrected chi connectivity index (χ0v) is 11.2. The Morgan fingerprint density at radius 1 is 1.25 bits per heavy atom. The van der Waals surface area contributed by atoms with Gasteiger partial charge in [0.05, 0.1) is 12.1 Å². The van der Waals surface area contributed by atoms with Crippen LogP contribution in [0.1, 0.15) is 29.1 Å². The van der Waals surface area contributed by atoms with Crippen molar-refractivity contribution in [1.82, 2.24) is 14.5 Å². The summed E-state index contributed by atoms with van der Waals surface area (Å²) in [4.78, 5) is 11.3. The average Bonchev–Trinajstić information content (AvgIpc) is 3.13. The van der Waals surface area contributed by atoms with Gasteiger partial charge >= 0.3 is 0 Å². The van der Waals surface area contributed by atoms with Crippen molar-refractivity contribution in [2.24, 2.45) is 0 Å². The summed E-state index contributed by atoms with van der Waals surface area (Å²) in [5.41, 5.74) is 3.13. The molecule has 1 aliphatic carbocycles. The fourth-order valence-electron chi connectivity index (χ4n) is 3.14. The Labute approximate surface area is 117 Å². The fourth-order valence-corrected chi connectivity index (χ4v) is 3.14. The van der Waals surface area contributed by atoms with Crippen LogP contribution in [0.4, 0.5) is 5.82 Å². The Kier molecular flexibility index (Phi) is 2.49. The predicted octanol–water partition coefficient (Wildman–Crippen LogP) is 1.66. The molecule has 2 aromatic rings. The van der Waals surface area contributed by atoms with E-state index in [1.54, 1.807) is 0 Å². The molecule has 5 nitrogen and oxygen atoms in total. The molecular formula is C15H15N5. The Balaban J connectivity index is 1.74. The summed E-state index contributed by atoms with van der Waals surface area (Å²) in [7, 11) is 0. The number of anilines is 1. The second-order valence-electron chi connectivity index (χ2n) is 5.39. The van der Waals surface area contributed by atoms with Crippen LogP contribution < -0.4 is 4.90 Å². The number of imidazole rings is 1. The molecule has 0 atom stereocenters. The second kappa shape index (κ2) is 4.34. The molecule has 3 heterocycles. The summed E-state index contributed by atoms with van der Waals surface area (Å²) in [5.74, 6) is 1.88. The first-order valence-corrected chi connectivity index (χ1v) is 7.03. The maximum Gasteiger partial charge on any atom is 0.147 e. The van der Waals surface area contributed by atoms with Gasteiger partial charge in [-0.15, -0.1) is 0 Å². The van der Waals surface area contributed by atoms with E-state index in [2.05, 4.69) is 20.5 Å². The van der Waals surface area contributed by atoms with E-state index in [1.807, 2.05) is 18.5 Å². The summed E-state index contributed by atoms with van der Waals surface area (Å²) in [6.07, 6.45) is 7.09. The van der Waals surface area contributed by atoms with Crippen LogP contribution in [0, 0.1) is 11.3 Å². The van der Waals surface area contributed by atoms with Crippen molar-refractivity contribution >= 4 is 5.82 Å². The van der Waals surface area contributed by atoms with Gasteiger partial charge in [-0.2, -0.15) is 5.26 Å². The minimum atomic E-state index is 0.700. The van der Waals surface area contributed by atoms with E-state index < -0.39 is 0 Å². The second-order valence-corrected chi connectivity index (χ2v) is 5.39. The maximum atomic E-state index is 9.40. The number of nitrogens with zero attached hydrogens (tertiary/aromatic N) is 5. The topological polar surface area (TPSA) is 57.7 Å². The molecule has 2 aliphatic rings. The predicted molar refractivity (Wildman–Crippen MR) is 74.3 cm³/mol. The van der Waals surface area contributed by atoms with Gasteiger partial charge in [0.1, 0.15) is 17.7 Å². The molecule has 0 fully saturated rings. The molecule has 0 aromatic carbocycles. The van der Waals surface area contributed by atoms with Gasteiger partial charge in [0, 0.05) is 31.2 Å². The monoisotopic (exact) mass is 265 g/mol. The van der Waals surface area contributed by atoms with Crippen molar-refractivity contribution in [2.45, 2.75) is 32.4 Å². The number of nitriles is 1. The molecule has 0 spiro atoms. The summed E-state index contributed by atoms with van der Waals surface area (Å²) >= 11 is 0. The minimum absolute atomic E-state index is 0.700. The molecule has 1 aliphatic heterocycles.